The van der Waals surface area contributed by atoms with Crippen LogP contribution in [0.25, 0.3) is 11.4 Å². The molecule has 1 N–H and O–H groups in total. The number of rotatable bonds is 3. The fourth-order valence-corrected chi connectivity index (χ4v) is 2.41. The largest absolute Gasteiger partial charge is 0.481 e. The first kappa shape index (κ1) is 11.9. The standard InChI is InChI=1S/C14H14N2O3/c1-7-5-9(11-6-12(11)14(17)18)3-4-10(7)13-15-8(2)19-16-13/h3-5,11-12H,6H2,1-2H3,(H,17,18)/t11?,12-/m0/s1. The van der Waals surface area contributed by atoms with Crippen molar-refractivity contribution in [3.05, 3.63) is 35.2 Å². The lowest BCUT2D eigenvalue weighted by molar-refractivity contribution is -0.138. The lowest BCUT2D eigenvalue weighted by Crippen LogP contribution is -1.99. The van der Waals surface area contributed by atoms with E-state index in [1.54, 1.807) is 6.92 Å². The zero-order valence-electron chi connectivity index (χ0n) is 10.8. The molecule has 1 fully saturated rings. The third-order valence-electron chi connectivity index (χ3n) is 3.55. The van der Waals surface area contributed by atoms with Gasteiger partial charge in [-0.3, -0.25) is 4.79 Å². The quantitative estimate of drug-likeness (QED) is 0.915. The van der Waals surface area contributed by atoms with Gasteiger partial charge >= 0.3 is 5.97 Å². The van der Waals surface area contributed by atoms with Crippen molar-refractivity contribution in [3.63, 3.8) is 0 Å². The SMILES string of the molecule is Cc1nc(-c2ccc(C3C[C@@H]3C(=O)O)cc2C)no1. The van der Waals surface area contributed by atoms with Gasteiger partial charge in [0.2, 0.25) is 11.7 Å². The molecule has 19 heavy (non-hydrogen) atoms. The molecule has 5 heteroatoms. The minimum atomic E-state index is -0.708. The Bertz CT molecular complexity index is 648. The Kier molecular flexibility index (Phi) is 2.62. The Balaban J connectivity index is 1.89. The van der Waals surface area contributed by atoms with Gasteiger partial charge in [0, 0.05) is 12.5 Å². The topological polar surface area (TPSA) is 76.2 Å². The Hall–Kier alpha value is -2.17. The summed E-state index contributed by atoms with van der Waals surface area (Å²) in [5.41, 5.74) is 3.04. The van der Waals surface area contributed by atoms with E-state index < -0.39 is 5.97 Å². The maximum absolute atomic E-state index is 10.9. The first-order chi connectivity index (χ1) is 9.06. The molecule has 1 saturated carbocycles. The monoisotopic (exact) mass is 258 g/mol. The molecule has 1 heterocycles. The lowest BCUT2D eigenvalue weighted by Gasteiger charge is -2.05. The molecule has 0 amide bonds. The third-order valence-corrected chi connectivity index (χ3v) is 3.55. The van der Waals surface area contributed by atoms with Crippen LogP contribution in [0, 0.1) is 19.8 Å². The van der Waals surface area contributed by atoms with Crippen LogP contribution in [-0.2, 0) is 4.79 Å². The molecule has 0 spiro atoms. The van der Waals surface area contributed by atoms with Crippen LogP contribution < -0.4 is 0 Å². The van der Waals surface area contributed by atoms with E-state index in [1.807, 2.05) is 25.1 Å². The summed E-state index contributed by atoms with van der Waals surface area (Å²) in [7, 11) is 0. The van der Waals surface area contributed by atoms with Crippen LogP contribution in [0.3, 0.4) is 0 Å². The van der Waals surface area contributed by atoms with Gasteiger partial charge in [0.25, 0.3) is 0 Å². The van der Waals surface area contributed by atoms with Crippen LogP contribution in [0.4, 0.5) is 0 Å². The predicted octanol–water partition coefficient (Wildman–Crippen LogP) is 2.54. The van der Waals surface area contributed by atoms with Crippen molar-refractivity contribution in [1.29, 1.82) is 0 Å². The molecule has 2 atom stereocenters. The summed E-state index contributed by atoms with van der Waals surface area (Å²) in [6.07, 6.45) is 0.732. The number of carbonyl (C=O) groups is 1. The number of carboxylic acid groups (broad SMARTS) is 1. The van der Waals surface area contributed by atoms with Gasteiger partial charge in [-0.25, -0.2) is 0 Å². The molecule has 0 radical (unpaired) electrons. The molecule has 1 aromatic carbocycles. The van der Waals surface area contributed by atoms with Crippen molar-refractivity contribution >= 4 is 5.97 Å². The van der Waals surface area contributed by atoms with Gasteiger partial charge in [0.15, 0.2) is 0 Å². The van der Waals surface area contributed by atoms with Crippen LogP contribution in [0.2, 0.25) is 0 Å². The molecule has 0 bridgehead atoms. The van der Waals surface area contributed by atoms with Gasteiger partial charge in [0.05, 0.1) is 5.92 Å². The van der Waals surface area contributed by atoms with E-state index in [1.165, 1.54) is 0 Å². The number of hydrogen-bond donors (Lipinski definition) is 1. The fourth-order valence-electron chi connectivity index (χ4n) is 2.41. The van der Waals surface area contributed by atoms with Crippen LogP contribution in [-0.4, -0.2) is 21.2 Å². The van der Waals surface area contributed by atoms with Crippen LogP contribution in [0.15, 0.2) is 22.7 Å². The van der Waals surface area contributed by atoms with E-state index in [4.69, 9.17) is 9.63 Å². The lowest BCUT2D eigenvalue weighted by atomic mass is 10.0. The van der Waals surface area contributed by atoms with Crippen molar-refractivity contribution in [2.24, 2.45) is 5.92 Å². The Labute approximate surface area is 110 Å². The molecule has 98 valence electrons. The van der Waals surface area contributed by atoms with E-state index in [0.29, 0.717) is 11.7 Å². The molecule has 0 saturated heterocycles. The van der Waals surface area contributed by atoms with E-state index in [9.17, 15) is 4.79 Å². The third kappa shape index (κ3) is 2.12. The average Bonchev–Trinajstić information content (AvgIpc) is 3.06. The second-order valence-corrected chi connectivity index (χ2v) is 5.00. The molecule has 5 nitrogen and oxygen atoms in total. The Morgan fingerprint density at radius 3 is 2.74 bits per heavy atom. The van der Waals surface area contributed by atoms with Crippen LogP contribution in [0.5, 0.6) is 0 Å². The minimum Gasteiger partial charge on any atom is -0.481 e. The number of aliphatic carboxylic acids is 1. The van der Waals surface area contributed by atoms with Crippen LogP contribution >= 0.6 is 0 Å². The van der Waals surface area contributed by atoms with Gasteiger partial charge in [-0.1, -0.05) is 23.4 Å². The summed E-state index contributed by atoms with van der Waals surface area (Å²) in [6, 6.07) is 5.92. The summed E-state index contributed by atoms with van der Waals surface area (Å²) in [5, 5.41) is 12.9. The Morgan fingerprint density at radius 2 is 2.21 bits per heavy atom. The number of aromatic nitrogens is 2. The zero-order valence-corrected chi connectivity index (χ0v) is 10.8. The zero-order chi connectivity index (χ0) is 13.6. The predicted molar refractivity (Wildman–Crippen MR) is 67.7 cm³/mol. The summed E-state index contributed by atoms with van der Waals surface area (Å²) in [4.78, 5) is 15.1. The van der Waals surface area contributed by atoms with E-state index in [-0.39, 0.29) is 11.8 Å². The maximum Gasteiger partial charge on any atom is 0.307 e. The highest BCUT2D eigenvalue weighted by Crippen LogP contribution is 2.48. The fraction of sp³-hybridized carbons (Fsp3) is 0.357. The smallest absolute Gasteiger partial charge is 0.307 e. The highest BCUT2D eigenvalue weighted by atomic mass is 16.5. The van der Waals surface area contributed by atoms with E-state index in [0.717, 1.165) is 23.1 Å². The van der Waals surface area contributed by atoms with Gasteiger partial charge in [-0.05, 0) is 30.4 Å². The summed E-state index contributed by atoms with van der Waals surface area (Å²) in [5.74, 6) is 0.328. The second kappa shape index (κ2) is 4.19. The number of nitrogens with zero attached hydrogens (tertiary/aromatic N) is 2. The van der Waals surface area contributed by atoms with Crippen molar-refractivity contribution in [1.82, 2.24) is 10.1 Å². The second-order valence-electron chi connectivity index (χ2n) is 5.00. The highest BCUT2D eigenvalue weighted by molar-refractivity contribution is 5.75. The van der Waals surface area contributed by atoms with Crippen molar-refractivity contribution < 1.29 is 14.4 Å². The number of carboxylic acids is 1. The van der Waals surface area contributed by atoms with Crippen molar-refractivity contribution in [2.45, 2.75) is 26.2 Å². The first-order valence-electron chi connectivity index (χ1n) is 6.20. The molecule has 1 unspecified atom stereocenters. The average molecular weight is 258 g/mol. The van der Waals surface area contributed by atoms with Crippen LogP contribution in [0.1, 0.15) is 29.4 Å². The number of benzene rings is 1. The van der Waals surface area contributed by atoms with Crippen molar-refractivity contribution in [3.8, 4) is 11.4 Å². The Morgan fingerprint density at radius 1 is 1.42 bits per heavy atom. The molecule has 1 aliphatic rings. The van der Waals surface area contributed by atoms with Gasteiger partial charge in [-0.15, -0.1) is 0 Å². The number of aryl methyl sites for hydroxylation is 2. The minimum absolute atomic E-state index is 0.150. The summed E-state index contributed by atoms with van der Waals surface area (Å²) < 4.78 is 4.97. The molecular formula is C14H14N2O3. The maximum atomic E-state index is 10.9. The molecule has 1 aliphatic carbocycles. The van der Waals surface area contributed by atoms with Crippen molar-refractivity contribution in [2.75, 3.05) is 0 Å². The first-order valence-corrected chi connectivity index (χ1v) is 6.20. The molecule has 3 rings (SSSR count). The molecule has 2 aromatic rings. The molecular weight excluding hydrogens is 244 g/mol. The molecule has 0 aliphatic heterocycles. The van der Waals surface area contributed by atoms with Gasteiger partial charge in [-0.2, -0.15) is 4.98 Å². The number of hydrogen-bond acceptors (Lipinski definition) is 4. The van der Waals surface area contributed by atoms with Gasteiger partial charge in [0.1, 0.15) is 0 Å². The summed E-state index contributed by atoms with van der Waals surface area (Å²) in [6.45, 7) is 3.73. The highest BCUT2D eigenvalue weighted by Gasteiger charge is 2.44. The normalized spacial score (nSPS) is 21.4. The summed E-state index contributed by atoms with van der Waals surface area (Å²) >= 11 is 0. The molecule has 1 aromatic heterocycles. The van der Waals surface area contributed by atoms with E-state index >= 15 is 0 Å². The van der Waals surface area contributed by atoms with Gasteiger partial charge < -0.3 is 9.63 Å². The van der Waals surface area contributed by atoms with E-state index in [2.05, 4.69) is 10.1 Å².